The lowest BCUT2D eigenvalue weighted by Crippen LogP contribution is -2.21. The van der Waals surface area contributed by atoms with Crippen LogP contribution in [0, 0.1) is 0 Å². The van der Waals surface area contributed by atoms with Gasteiger partial charge in [-0.1, -0.05) is 25.7 Å². The van der Waals surface area contributed by atoms with Gasteiger partial charge in [-0.15, -0.1) is 0 Å². The van der Waals surface area contributed by atoms with E-state index in [0.29, 0.717) is 17.7 Å². The predicted molar refractivity (Wildman–Crippen MR) is 82.7 cm³/mol. The highest BCUT2D eigenvalue weighted by Crippen LogP contribution is 2.31. The molecule has 0 unspecified atom stereocenters. The highest BCUT2D eigenvalue weighted by Gasteiger charge is 2.17. The molecule has 1 aliphatic carbocycles. The highest BCUT2D eigenvalue weighted by molar-refractivity contribution is 5.98. The van der Waals surface area contributed by atoms with Gasteiger partial charge in [-0.2, -0.15) is 15.2 Å². The molecule has 2 amide bonds. The summed E-state index contributed by atoms with van der Waals surface area (Å²) < 4.78 is 1.49. The fourth-order valence-corrected chi connectivity index (χ4v) is 2.86. The summed E-state index contributed by atoms with van der Waals surface area (Å²) in [7, 11) is 1.71. The standard InChI is InChI=1S/C14H21N7O/c1-21-13(15-9-16-21)18-14(22)17-12-8-11(19-20-12)10-6-4-2-3-5-7-10/h8-10H,2-7H2,1H3,(H3,15,16,17,18,19,20,22). The van der Waals surface area contributed by atoms with Crippen LogP contribution in [0.15, 0.2) is 12.4 Å². The zero-order valence-corrected chi connectivity index (χ0v) is 12.7. The van der Waals surface area contributed by atoms with Gasteiger partial charge in [0, 0.05) is 24.7 Å². The first kappa shape index (κ1) is 14.6. The lowest BCUT2D eigenvalue weighted by molar-refractivity contribution is 0.262. The third-order valence-corrected chi connectivity index (χ3v) is 4.07. The molecule has 3 N–H and O–H groups in total. The van der Waals surface area contributed by atoms with Crippen molar-refractivity contribution >= 4 is 17.8 Å². The molecule has 0 spiro atoms. The van der Waals surface area contributed by atoms with Crippen molar-refractivity contribution in [2.45, 2.75) is 44.4 Å². The van der Waals surface area contributed by atoms with Crippen molar-refractivity contribution in [3.8, 4) is 0 Å². The molecule has 2 heterocycles. The Morgan fingerprint density at radius 2 is 2.05 bits per heavy atom. The van der Waals surface area contributed by atoms with Crippen LogP contribution in [0.4, 0.5) is 16.6 Å². The van der Waals surface area contributed by atoms with Gasteiger partial charge in [0.2, 0.25) is 5.95 Å². The third kappa shape index (κ3) is 3.44. The van der Waals surface area contributed by atoms with Crippen molar-refractivity contribution in [3.05, 3.63) is 18.1 Å². The minimum Gasteiger partial charge on any atom is -0.291 e. The van der Waals surface area contributed by atoms with E-state index >= 15 is 0 Å². The molecule has 1 aliphatic rings. The SMILES string of the molecule is Cn1ncnc1NC(=O)Nc1cc(C2CCCCCC2)[nH]n1. The number of nitrogens with zero attached hydrogens (tertiary/aromatic N) is 4. The Labute approximate surface area is 128 Å². The summed E-state index contributed by atoms with van der Waals surface area (Å²) in [6.07, 6.45) is 8.91. The van der Waals surface area contributed by atoms with Gasteiger partial charge < -0.3 is 0 Å². The molecule has 0 saturated heterocycles. The summed E-state index contributed by atoms with van der Waals surface area (Å²) in [6, 6.07) is 1.54. The molecule has 2 aromatic rings. The van der Waals surface area contributed by atoms with Crippen molar-refractivity contribution in [1.82, 2.24) is 25.0 Å². The quantitative estimate of drug-likeness (QED) is 0.759. The number of aromatic amines is 1. The van der Waals surface area contributed by atoms with Crippen LogP contribution in [0.2, 0.25) is 0 Å². The molecular weight excluding hydrogens is 282 g/mol. The zero-order chi connectivity index (χ0) is 15.4. The van der Waals surface area contributed by atoms with Crippen LogP contribution >= 0.6 is 0 Å². The molecule has 0 radical (unpaired) electrons. The van der Waals surface area contributed by atoms with Crippen LogP contribution in [0.5, 0.6) is 0 Å². The van der Waals surface area contributed by atoms with Gasteiger partial charge in [0.15, 0.2) is 5.82 Å². The maximum Gasteiger partial charge on any atom is 0.327 e. The molecule has 8 nitrogen and oxygen atoms in total. The largest absolute Gasteiger partial charge is 0.327 e. The smallest absolute Gasteiger partial charge is 0.291 e. The number of rotatable bonds is 3. The summed E-state index contributed by atoms with van der Waals surface area (Å²) in [6.45, 7) is 0. The summed E-state index contributed by atoms with van der Waals surface area (Å²) in [5, 5.41) is 16.5. The zero-order valence-electron chi connectivity index (χ0n) is 12.7. The first-order valence-electron chi connectivity index (χ1n) is 7.69. The molecular formula is C14H21N7O. The van der Waals surface area contributed by atoms with Crippen molar-refractivity contribution in [2.75, 3.05) is 10.6 Å². The van der Waals surface area contributed by atoms with Gasteiger partial charge in [-0.25, -0.2) is 9.48 Å². The molecule has 0 atom stereocenters. The molecule has 3 rings (SSSR count). The number of hydrogen-bond donors (Lipinski definition) is 3. The van der Waals surface area contributed by atoms with E-state index in [9.17, 15) is 4.79 Å². The van der Waals surface area contributed by atoms with E-state index in [1.807, 2.05) is 6.07 Å². The van der Waals surface area contributed by atoms with Crippen LogP contribution < -0.4 is 10.6 Å². The molecule has 118 valence electrons. The first-order chi connectivity index (χ1) is 10.7. The van der Waals surface area contributed by atoms with Crippen molar-refractivity contribution < 1.29 is 4.79 Å². The van der Waals surface area contributed by atoms with Crippen molar-refractivity contribution in [1.29, 1.82) is 0 Å². The fraction of sp³-hybridized carbons (Fsp3) is 0.571. The van der Waals surface area contributed by atoms with E-state index in [2.05, 4.69) is 30.9 Å². The first-order valence-corrected chi connectivity index (χ1v) is 7.69. The topological polar surface area (TPSA) is 101 Å². The van der Waals surface area contributed by atoms with E-state index in [1.54, 1.807) is 7.05 Å². The lowest BCUT2D eigenvalue weighted by atomic mass is 9.97. The molecule has 22 heavy (non-hydrogen) atoms. The van der Waals surface area contributed by atoms with Gasteiger partial charge in [0.25, 0.3) is 0 Å². The van der Waals surface area contributed by atoms with Crippen LogP contribution in [0.3, 0.4) is 0 Å². The molecule has 0 aliphatic heterocycles. The summed E-state index contributed by atoms with van der Waals surface area (Å²) in [5.74, 6) is 1.43. The number of aromatic nitrogens is 5. The van der Waals surface area contributed by atoms with E-state index in [-0.39, 0.29) is 6.03 Å². The number of H-pyrrole nitrogens is 1. The van der Waals surface area contributed by atoms with E-state index < -0.39 is 0 Å². The Kier molecular flexibility index (Phi) is 4.36. The number of nitrogens with one attached hydrogen (secondary N) is 3. The summed E-state index contributed by atoms with van der Waals surface area (Å²) in [4.78, 5) is 15.9. The highest BCUT2D eigenvalue weighted by atomic mass is 16.2. The normalized spacial score (nSPS) is 16.2. The van der Waals surface area contributed by atoms with E-state index in [0.717, 1.165) is 5.69 Å². The number of urea groups is 1. The molecule has 2 aromatic heterocycles. The van der Waals surface area contributed by atoms with Gasteiger partial charge in [-0.05, 0) is 12.8 Å². The number of anilines is 2. The van der Waals surface area contributed by atoms with Crippen molar-refractivity contribution in [3.63, 3.8) is 0 Å². The maximum absolute atomic E-state index is 11.9. The Bertz CT molecular complexity index is 625. The maximum atomic E-state index is 11.9. The number of hydrogen-bond acceptors (Lipinski definition) is 4. The molecule has 1 fully saturated rings. The predicted octanol–water partition coefficient (Wildman–Crippen LogP) is 2.62. The molecule has 8 heteroatoms. The number of carbonyl (C=O) groups excluding carboxylic acids is 1. The van der Waals surface area contributed by atoms with Crippen molar-refractivity contribution in [2.24, 2.45) is 7.05 Å². The van der Waals surface area contributed by atoms with Gasteiger partial charge >= 0.3 is 6.03 Å². The number of aryl methyl sites for hydroxylation is 1. The third-order valence-electron chi connectivity index (χ3n) is 4.07. The molecule has 0 aromatic carbocycles. The Morgan fingerprint density at radius 1 is 1.27 bits per heavy atom. The Morgan fingerprint density at radius 3 is 2.73 bits per heavy atom. The van der Waals surface area contributed by atoms with Crippen LogP contribution in [0.25, 0.3) is 0 Å². The van der Waals surface area contributed by atoms with Gasteiger partial charge in [0.05, 0.1) is 0 Å². The second-order valence-corrected chi connectivity index (χ2v) is 5.68. The van der Waals surface area contributed by atoms with E-state index in [4.69, 9.17) is 0 Å². The lowest BCUT2D eigenvalue weighted by Gasteiger charge is -2.10. The average molecular weight is 303 g/mol. The van der Waals surface area contributed by atoms with E-state index in [1.165, 1.54) is 49.5 Å². The second kappa shape index (κ2) is 6.59. The van der Waals surface area contributed by atoms with Gasteiger partial charge in [-0.3, -0.25) is 15.7 Å². The minimum absolute atomic E-state index is 0.380. The second-order valence-electron chi connectivity index (χ2n) is 5.68. The summed E-state index contributed by atoms with van der Waals surface area (Å²) in [5.41, 5.74) is 1.11. The fourth-order valence-electron chi connectivity index (χ4n) is 2.86. The minimum atomic E-state index is -0.380. The number of carbonyl (C=O) groups is 1. The van der Waals surface area contributed by atoms with Crippen LogP contribution in [-0.4, -0.2) is 31.0 Å². The molecule has 1 saturated carbocycles. The Balaban J connectivity index is 1.59. The van der Waals surface area contributed by atoms with Gasteiger partial charge in [0.1, 0.15) is 6.33 Å². The van der Waals surface area contributed by atoms with Crippen LogP contribution in [0.1, 0.15) is 50.1 Å². The van der Waals surface area contributed by atoms with Crippen LogP contribution in [-0.2, 0) is 7.05 Å². The monoisotopic (exact) mass is 303 g/mol. The Hall–Kier alpha value is -2.38. The average Bonchev–Trinajstić information content (AvgIpc) is 3.01. The molecule has 0 bridgehead atoms. The summed E-state index contributed by atoms with van der Waals surface area (Å²) >= 11 is 0. The number of amides is 2.